The number of nitrogens with two attached hydrogens (primary N) is 1. The van der Waals surface area contributed by atoms with Crippen molar-refractivity contribution in [3.05, 3.63) is 54.1 Å². The number of hydrogen-bond acceptors (Lipinski definition) is 3. The van der Waals surface area contributed by atoms with Crippen molar-refractivity contribution in [1.29, 1.82) is 0 Å². The van der Waals surface area contributed by atoms with Gasteiger partial charge in [-0.05, 0) is 49.1 Å². The third-order valence-corrected chi connectivity index (χ3v) is 3.76. The molecule has 3 N–H and O–H groups in total. The number of para-hydroxylation sites is 2. The highest BCUT2D eigenvalue weighted by Gasteiger charge is 2.04. The third-order valence-electron chi connectivity index (χ3n) is 3.76. The number of hydrogen-bond donors (Lipinski definition) is 2. The van der Waals surface area contributed by atoms with E-state index in [1.165, 1.54) is 5.56 Å². The van der Waals surface area contributed by atoms with Crippen LogP contribution in [-0.4, -0.2) is 13.0 Å². The van der Waals surface area contributed by atoms with Crippen molar-refractivity contribution < 1.29 is 9.53 Å². The Kier molecular flexibility index (Phi) is 8.72. The van der Waals surface area contributed by atoms with Crippen LogP contribution < -0.4 is 15.8 Å². The van der Waals surface area contributed by atoms with Gasteiger partial charge in [-0.2, -0.15) is 0 Å². The zero-order valence-corrected chi connectivity index (χ0v) is 14.8. The Hall–Kier alpha value is -2.20. The second-order valence-corrected chi connectivity index (χ2v) is 5.54. The highest BCUT2D eigenvalue weighted by molar-refractivity contribution is 5.93. The summed E-state index contributed by atoms with van der Waals surface area (Å²) in [4.78, 5) is 11.9. The second-order valence-electron chi connectivity index (χ2n) is 5.54. The molecule has 0 fully saturated rings. The molecule has 0 bridgehead atoms. The molecule has 2 aromatic rings. The fourth-order valence-electron chi connectivity index (χ4n) is 2.41. The van der Waals surface area contributed by atoms with Crippen molar-refractivity contribution >= 4 is 29.7 Å². The molecule has 0 spiro atoms. The molecular weight excluding hydrogens is 324 g/mol. The van der Waals surface area contributed by atoms with Crippen LogP contribution >= 0.6 is 12.4 Å². The number of carbonyl (C=O) groups is 1. The first kappa shape index (κ1) is 19.8. The Morgan fingerprint density at radius 3 is 2.42 bits per heavy atom. The zero-order valence-electron chi connectivity index (χ0n) is 14.0. The van der Waals surface area contributed by atoms with Crippen LogP contribution in [0.1, 0.15) is 31.2 Å². The fraction of sp³-hybridized carbons (Fsp3) is 0.316. The standard InChI is InChI=1S/C19H24N2O2.ClH/c1-23-16-13-11-15(12-14-16)7-3-2-4-10-19(22)21-18-9-6-5-8-17(18)20;/h5-6,8-9,11-14H,2-4,7,10,20H2,1H3,(H,21,22);1H. The molecule has 0 aliphatic rings. The van der Waals surface area contributed by atoms with Crippen LogP contribution in [0.2, 0.25) is 0 Å². The van der Waals surface area contributed by atoms with Crippen LogP contribution in [0, 0.1) is 0 Å². The summed E-state index contributed by atoms with van der Waals surface area (Å²) < 4.78 is 5.14. The Morgan fingerprint density at radius 1 is 1.04 bits per heavy atom. The molecule has 0 saturated carbocycles. The Morgan fingerprint density at radius 2 is 1.75 bits per heavy atom. The van der Waals surface area contributed by atoms with E-state index >= 15 is 0 Å². The lowest BCUT2D eigenvalue weighted by atomic mass is 10.1. The van der Waals surface area contributed by atoms with Gasteiger partial charge in [-0.25, -0.2) is 0 Å². The number of ether oxygens (including phenoxy) is 1. The number of aryl methyl sites for hydroxylation is 1. The Balaban J connectivity index is 0.00000288. The van der Waals surface area contributed by atoms with Crippen molar-refractivity contribution in [2.24, 2.45) is 0 Å². The van der Waals surface area contributed by atoms with Gasteiger partial charge < -0.3 is 15.8 Å². The van der Waals surface area contributed by atoms with E-state index < -0.39 is 0 Å². The molecule has 0 aliphatic heterocycles. The number of unbranched alkanes of at least 4 members (excludes halogenated alkanes) is 2. The maximum atomic E-state index is 11.9. The number of benzene rings is 2. The minimum absolute atomic E-state index is 0. The summed E-state index contributed by atoms with van der Waals surface area (Å²) >= 11 is 0. The monoisotopic (exact) mass is 348 g/mol. The molecule has 2 aromatic carbocycles. The third kappa shape index (κ3) is 6.50. The van der Waals surface area contributed by atoms with Crippen molar-refractivity contribution in [1.82, 2.24) is 0 Å². The molecule has 24 heavy (non-hydrogen) atoms. The summed E-state index contributed by atoms with van der Waals surface area (Å²) in [6.07, 6.45) is 4.54. The quantitative estimate of drug-likeness (QED) is 0.547. The lowest BCUT2D eigenvalue weighted by molar-refractivity contribution is -0.116. The Labute approximate surface area is 149 Å². The summed E-state index contributed by atoms with van der Waals surface area (Å²) in [7, 11) is 1.67. The maximum absolute atomic E-state index is 11.9. The smallest absolute Gasteiger partial charge is 0.224 e. The predicted molar refractivity (Wildman–Crippen MR) is 102 cm³/mol. The number of nitrogens with one attached hydrogen (secondary N) is 1. The topological polar surface area (TPSA) is 64.3 Å². The summed E-state index contributed by atoms with van der Waals surface area (Å²) in [5.41, 5.74) is 8.39. The number of anilines is 2. The number of nitrogen functional groups attached to an aromatic ring is 1. The van der Waals surface area contributed by atoms with Gasteiger partial charge in [-0.3, -0.25) is 4.79 Å². The number of amides is 1. The average Bonchev–Trinajstić information content (AvgIpc) is 2.57. The summed E-state index contributed by atoms with van der Waals surface area (Å²) in [5, 5.41) is 2.85. The first-order valence-corrected chi connectivity index (χ1v) is 7.96. The van der Waals surface area contributed by atoms with Gasteiger partial charge in [0.2, 0.25) is 5.91 Å². The molecular formula is C19H25ClN2O2. The minimum Gasteiger partial charge on any atom is -0.497 e. The van der Waals surface area contributed by atoms with E-state index in [-0.39, 0.29) is 18.3 Å². The van der Waals surface area contributed by atoms with Gasteiger partial charge in [-0.1, -0.05) is 30.7 Å². The molecule has 0 aromatic heterocycles. The number of carbonyl (C=O) groups excluding carboxylic acids is 1. The van der Waals surface area contributed by atoms with Gasteiger partial charge in [0.1, 0.15) is 5.75 Å². The van der Waals surface area contributed by atoms with Gasteiger partial charge in [0.25, 0.3) is 0 Å². The van der Waals surface area contributed by atoms with Crippen LogP contribution in [0.5, 0.6) is 5.75 Å². The lowest BCUT2D eigenvalue weighted by Gasteiger charge is -2.08. The molecule has 0 radical (unpaired) electrons. The number of rotatable bonds is 8. The molecule has 0 unspecified atom stereocenters. The molecule has 1 amide bonds. The molecule has 5 heteroatoms. The van der Waals surface area contributed by atoms with Crippen molar-refractivity contribution in [3.8, 4) is 5.75 Å². The van der Waals surface area contributed by atoms with Crippen LogP contribution in [0.3, 0.4) is 0 Å². The van der Waals surface area contributed by atoms with Gasteiger partial charge >= 0.3 is 0 Å². The normalized spacial score (nSPS) is 9.88. The van der Waals surface area contributed by atoms with Gasteiger partial charge in [0.15, 0.2) is 0 Å². The van der Waals surface area contributed by atoms with Crippen molar-refractivity contribution in [3.63, 3.8) is 0 Å². The van der Waals surface area contributed by atoms with E-state index in [1.807, 2.05) is 30.3 Å². The molecule has 0 heterocycles. The SMILES string of the molecule is COc1ccc(CCCCCC(=O)Nc2ccccc2N)cc1.Cl. The highest BCUT2D eigenvalue weighted by Crippen LogP contribution is 2.17. The van der Waals surface area contributed by atoms with Crippen LogP contribution in [-0.2, 0) is 11.2 Å². The molecule has 2 rings (SSSR count). The first-order chi connectivity index (χ1) is 11.2. The number of halogens is 1. The largest absolute Gasteiger partial charge is 0.497 e. The van der Waals surface area contributed by atoms with E-state index in [9.17, 15) is 4.79 Å². The molecule has 4 nitrogen and oxygen atoms in total. The van der Waals surface area contributed by atoms with Crippen molar-refractivity contribution in [2.45, 2.75) is 32.1 Å². The van der Waals surface area contributed by atoms with E-state index in [1.54, 1.807) is 13.2 Å². The maximum Gasteiger partial charge on any atom is 0.224 e. The summed E-state index contributed by atoms with van der Waals surface area (Å²) in [6, 6.07) is 15.4. The molecule has 0 aliphatic carbocycles. The van der Waals surface area contributed by atoms with E-state index in [0.29, 0.717) is 17.8 Å². The number of methoxy groups -OCH3 is 1. The summed E-state index contributed by atoms with van der Waals surface area (Å²) in [6.45, 7) is 0. The van der Waals surface area contributed by atoms with Gasteiger partial charge in [-0.15, -0.1) is 12.4 Å². The highest BCUT2D eigenvalue weighted by atomic mass is 35.5. The van der Waals surface area contributed by atoms with E-state index in [2.05, 4.69) is 17.4 Å². The van der Waals surface area contributed by atoms with Crippen LogP contribution in [0.15, 0.2) is 48.5 Å². The Bertz CT molecular complexity index is 630. The predicted octanol–water partition coefficient (Wildman–Crippen LogP) is 4.44. The summed E-state index contributed by atoms with van der Waals surface area (Å²) in [5.74, 6) is 0.901. The minimum atomic E-state index is 0. The van der Waals surface area contributed by atoms with E-state index in [4.69, 9.17) is 10.5 Å². The first-order valence-electron chi connectivity index (χ1n) is 7.96. The van der Waals surface area contributed by atoms with Crippen LogP contribution in [0.4, 0.5) is 11.4 Å². The van der Waals surface area contributed by atoms with E-state index in [0.717, 1.165) is 31.4 Å². The molecule has 0 saturated heterocycles. The van der Waals surface area contributed by atoms with Gasteiger partial charge in [0.05, 0.1) is 18.5 Å². The zero-order chi connectivity index (χ0) is 16.5. The van der Waals surface area contributed by atoms with Gasteiger partial charge in [0, 0.05) is 6.42 Å². The molecule has 130 valence electrons. The second kappa shape index (κ2) is 10.6. The van der Waals surface area contributed by atoms with Crippen molar-refractivity contribution in [2.75, 3.05) is 18.2 Å². The fourth-order valence-corrected chi connectivity index (χ4v) is 2.41. The average molecular weight is 349 g/mol. The molecule has 0 atom stereocenters. The van der Waals surface area contributed by atoms with Crippen LogP contribution in [0.25, 0.3) is 0 Å². The lowest BCUT2D eigenvalue weighted by Crippen LogP contribution is -2.12.